The third kappa shape index (κ3) is 5.31. The van der Waals surface area contributed by atoms with E-state index in [0.29, 0.717) is 5.95 Å². The number of hydrogen-bond acceptors (Lipinski definition) is 2. The van der Waals surface area contributed by atoms with Crippen LogP contribution in [0.4, 0.5) is 0 Å². The van der Waals surface area contributed by atoms with Gasteiger partial charge in [-0.25, -0.2) is 9.97 Å². The average molecular weight is 715 g/mol. The molecule has 4 heteroatoms. The summed E-state index contributed by atoms with van der Waals surface area (Å²) >= 11 is 0. The fourth-order valence-electron chi connectivity index (χ4n) is 8.33. The van der Waals surface area contributed by atoms with Crippen molar-refractivity contribution in [3.8, 4) is 56.3 Å². The Balaban J connectivity index is 1.01. The molecule has 0 amide bonds. The van der Waals surface area contributed by atoms with E-state index in [2.05, 4.69) is 203 Å². The van der Waals surface area contributed by atoms with Crippen molar-refractivity contribution in [3.63, 3.8) is 0 Å². The molecular formula is C52H34N4. The molecule has 0 fully saturated rings. The third-order valence-electron chi connectivity index (χ3n) is 11.0. The maximum atomic E-state index is 5.23. The lowest BCUT2D eigenvalue weighted by atomic mass is 9.98. The molecule has 0 radical (unpaired) electrons. The second-order valence-corrected chi connectivity index (χ2v) is 14.3. The van der Waals surface area contributed by atoms with Gasteiger partial charge >= 0.3 is 0 Å². The first kappa shape index (κ1) is 31.9. The van der Waals surface area contributed by atoms with Gasteiger partial charge in [-0.3, -0.25) is 4.57 Å². The van der Waals surface area contributed by atoms with Crippen LogP contribution in [0.25, 0.3) is 99.9 Å². The Kier molecular flexibility index (Phi) is 7.46. The second kappa shape index (κ2) is 13.1. The SMILES string of the molecule is c1ccc(-c2ccc(-c3cccc(-c4ccnc(-n5c6ccccc6c6ccc(-c7ccc8c(c7)c7ccccc7n8-c7ccccc7)cc65)n4)c3)cc2)cc1. The molecule has 3 aromatic heterocycles. The first-order valence-electron chi connectivity index (χ1n) is 19.0. The largest absolute Gasteiger partial charge is 0.309 e. The number of hydrogen-bond donors (Lipinski definition) is 0. The summed E-state index contributed by atoms with van der Waals surface area (Å²) in [5.41, 5.74) is 14.6. The van der Waals surface area contributed by atoms with Crippen molar-refractivity contribution in [2.24, 2.45) is 0 Å². The zero-order valence-corrected chi connectivity index (χ0v) is 30.4. The van der Waals surface area contributed by atoms with Crippen molar-refractivity contribution in [2.45, 2.75) is 0 Å². The summed E-state index contributed by atoms with van der Waals surface area (Å²) < 4.78 is 4.57. The van der Waals surface area contributed by atoms with Gasteiger partial charge in [0.1, 0.15) is 0 Å². The zero-order chi connectivity index (χ0) is 37.0. The van der Waals surface area contributed by atoms with Crippen LogP contribution in [0.15, 0.2) is 206 Å². The standard InChI is InChI=1S/C52H34N4/c1-3-12-35(13-4-1)36-22-24-37(25-23-36)38-14-11-15-41(32-38)47-30-31-53-52(54-47)56-49-21-10-7-18-43(49)45-28-26-40(34-51(45)56)39-27-29-50-46(33-39)44-19-8-9-20-48(44)55(50)42-16-5-2-6-17-42/h1-34H. The summed E-state index contributed by atoms with van der Waals surface area (Å²) in [6, 6.07) is 71.3. The van der Waals surface area contributed by atoms with E-state index in [1.54, 1.807) is 0 Å². The number of nitrogens with zero attached hydrogens (tertiary/aromatic N) is 4. The predicted octanol–water partition coefficient (Wildman–Crippen LogP) is 13.3. The summed E-state index contributed by atoms with van der Waals surface area (Å²) in [5, 5.41) is 4.81. The van der Waals surface area contributed by atoms with E-state index in [-0.39, 0.29) is 0 Å². The highest BCUT2D eigenvalue weighted by atomic mass is 15.2. The molecule has 0 N–H and O–H groups in total. The van der Waals surface area contributed by atoms with Gasteiger partial charge in [-0.2, -0.15) is 0 Å². The Morgan fingerprint density at radius 3 is 1.61 bits per heavy atom. The van der Waals surface area contributed by atoms with E-state index in [0.717, 1.165) is 44.7 Å². The zero-order valence-electron chi connectivity index (χ0n) is 30.4. The summed E-state index contributed by atoms with van der Waals surface area (Å²) in [6.07, 6.45) is 1.87. The molecule has 0 aliphatic heterocycles. The second-order valence-electron chi connectivity index (χ2n) is 14.3. The number of fused-ring (bicyclic) bond motifs is 6. The van der Waals surface area contributed by atoms with E-state index in [1.807, 2.05) is 12.3 Å². The van der Waals surface area contributed by atoms with Crippen molar-refractivity contribution in [2.75, 3.05) is 0 Å². The molecule has 0 unspecified atom stereocenters. The van der Waals surface area contributed by atoms with Crippen molar-refractivity contribution in [3.05, 3.63) is 206 Å². The quantitative estimate of drug-likeness (QED) is 0.172. The molecular weight excluding hydrogens is 681 g/mol. The topological polar surface area (TPSA) is 35.6 Å². The molecule has 4 nitrogen and oxygen atoms in total. The predicted molar refractivity (Wildman–Crippen MR) is 232 cm³/mol. The molecule has 0 spiro atoms. The molecule has 0 saturated heterocycles. The highest BCUT2D eigenvalue weighted by molar-refractivity contribution is 6.12. The average Bonchev–Trinajstić information content (AvgIpc) is 3.79. The first-order chi connectivity index (χ1) is 27.8. The maximum Gasteiger partial charge on any atom is 0.235 e. The van der Waals surface area contributed by atoms with Crippen LogP contribution in [-0.4, -0.2) is 19.1 Å². The van der Waals surface area contributed by atoms with Crippen LogP contribution < -0.4 is 0 Å². The van der Waals surface area contributed by atoms with E-state index in [1.165, 1.54) is 49.3 Å². The Bertz CT molecular complexity index is 3230. The Morgan fingerprint density at radius 1 is 0.304 bits per heavy atom. The van der Waals surface area contributed by atoms with Crippen LogP contribution in [0.3, 0.4) is 0 Å². The molecule has 3 heterocycles. The van der Waals surface area contributed by atoms with Crippen LogP contribution in [0.2, 0.25) is 0 Å². The monoisotopic (exact) mass is 714 g/mol. The lowest BCUT2D eigenvalue weighted by Gasteiger charge is -2.11. The lowest BCUT2D eigenvalue weighted by Crippen LogP contribution is -2.01. The third-order valence-corrected chi connectivity index (χ3v) is 11.0. The molecule has 11 aromatic rings. The van der Waals surface area contributed by atoms with Crippen LogP contribution in [0, 0.1) is 0 Å². The van der Waals surface area contributed by atoms with E-state index >= 15 is 0 Å². The minimum Gasteiger partial charge on any atom is -0.309 e. The molecule has 0 saturated carbocycles. The van der Waals surface area contributed by atoms with Gasteiger partial charge in [0.05, 0.1) is 27.8 Å². The fraction of sp³-hybridized carbons (Fsp3) is 0. The van der Waals surface area contributed by atoms with E-state index in [4.69, 9.17) is 9.97 Å². The molecule has 0 bridgehead atoms. The number of rotatable bonds is 6. The minimum absolute atomic E-state index is 0.643. The highest BCUT2D eigenvalue weighted by Gasteiger charge is 2.17. The van der Waals surface area contributed by atoms with Gasteiger partial charge in [0.15, 0.2) is 0 Å². The Labute approximate surface area is 324 Å². The maximum absolute atomic E-state index is 5.23. The van der Waals surface area contributed by atoms with Gasteiger partial charge in [0, 0.05) is 39.0 Å². The molecule has 8 aromatic carbocycles. The molecule has 0 aliphatic rings. The number of aromatic nitrogens is 4. The van der Waals surface area contributed by atoms with Crippen molar-refractivity contribution < 1.29 is 0 Å². The van der Waals surface area contributed by atoms with Crippen molar-refractivity contribution in [1.29, 1.82) is 0 Å². The number of para-hydroxylation sites is 3. The van der Waals surface area contributed by atoms with Gasteiger partial charge in [-0.15, -0.1) is 0 Å². The first-order valence-corrected chi connectivity index (χ1v) is 19.0. The summed E-state index contributed by atoms with van der Waals surface area (Å²) in [5.74, 6) is 0.643. The molecule has 262 valence electrons. The van der Waals surface area contributed by atoms with Gasteiger partial charge in [0.2, 0.25) is 5.95 Å². The lowest BCUT2D eigenvalue weighted by molar-refractivity contribution is 0.992. The minimum atomic E-state index is 0.643. The van der Waals surface area contributed by atoms with Crippen LogP contribution >= 0.6 is 0 Å². The van der Waals surface area contributed by atoms with Crippen LogP contribution in [0.5, 0.6) is 0 Å². The van der Waals surface area contributed by atoms with E-state index in [9.17, 15) is 0 Å². The molecule has 56 heavy (non-hydrogen) atoms. The van der Waals surface area contributed by atoms with Gasteiger partial charge < -0.3 is 4.57 Å². The highest BCUT2D eigenvalue weighted by Crippen LogP contribution is 2.38. The van der Waals surface area contributed by atoms with Crippen LogP contribution in [-0.2, 0) is 0 Å². The van der Waals surface area contributed by atoms with Gasteiger partial charge in [-0.1, -0.05) is 146 Å². The van der Waals surface area contributed by atoms with Crippen LogP contribution in [0.1, 0.15) is 0 Å². The smallest absolute Gasteiger partial charge is 0.235 e. The molecule has 11 rings (SSSR count). The van der Waals surface area contributed by atoms with E-state index < -0.39 is 0 Å². The summed E-state index contributed by atoms with van der Waals surface area (Å²) in [4.78, 5) is 10.1. The van der Waals surface area contributed by atoms with Crippen molar-refractivity contribution >= 4 is 43.6 Å². The molecule has 0 atom stereocenters. The molecule has 0 aliphatic carbocycles. The van der Waals surface area contributed by atoms with Gasteiger partial charge in [0.25, 0.3) is 0 Å². The Morgan fingerprint density at radius 2 is 0.821 bits per heavy atom. The summed E-state index contributed by atoms with van der Waals surface area (Å²) in [7, 11) is 0. The summed E-state index contributed by atoms with van der Waals surface area (Å²) in [6.45, 7) is 0. The number of benzene rings is 8. The Hall–Kier alpha value is -7.56. The van der Waals surface area contributed by atoms with Gasteiger partial charge in [-0.05, 0) is 88.0 Å². The fourth-order valence-corrected chi connectivity index (χ4v) is 8.33. The normalized spacial score (nSPS) is 11.6. The van der Waals surface area contributed by atoms with Crippen molar-refractivity contribution in [1.82, 2.24) is 19.1 Å².